The Bertz CT molecular complexity index is 482. The Morgan fingerprint density at radius 2 is 1.90 bits per heavy atom. The molecule has 5 nitrogen and oxygen atoms in total. The van der Waals surface area contributed by atoms with Gasteiger partial charge in [-0.1, -0.05) is 43.7 Å². The Hall–Kier alpha value is -2.04. The van der Waals surface area contributed by atoms with Crippen LogP contribution in [0.1, 0.15) is 37.8 Å². The van der Waals surface area contributed by atoms with E-state index in [0.29, 0.717) is 24.6 Å². The molecule has 1 fully saturated rings. The van der Waals surface area contributed by atoms with Crippen LogP contribution in [0.3, 0.4) is 0 Å². The highest BCUT2D eigenvalue weighted by molar-refractivity contribution is 5.83. The van der Waals surface area contributed by atoms with Gasteiger partial charge in [0.15, 0.2) is 6.04 Å². The van der Waals surface area contributed by atoms with Crippen molar-refractivity contribution in [2.75, 3.05) is 13.1 Å². The molecule has 0 radical (unpaired) electrons. The van der Waals surface area contributed by atoms with Crippen LogP contribution < -0.4 is 5.32 Å². The largest absolute Gasteiger partial charge is 0.479 e. The summed E-state index contributed by atoms with van der Waals surface area (Å²) in [5.41, 5.74) is 0.585. The Labute approximate surface area is 125 Å². The third-order valence-electron chi connectivity index (χ3n) is 4.13. The molecule has 0 aromatic heterocycles. The number of urea groups is 1. The number of hydrogen-bond acceptors (Lipinski definition) is 2. The van der Waals surface area contributed by atoms with E-state index in [1.54, 1.807) is 29.2 Å². The van der Waals surface area contributed by atoms with Gasteiger partial charge in [0.05, 0.1) is 0 Å². The van der Waals surface area contributed by atoms with Crippen LogP contribution in [0.4, 0.5) is 4.79 Å². The molecule has 21 heavy (non-hydrogen) atoms. The highest BCUT2D eigenvalue weighted by atomic mass is 16.4. The molecule has 1 aromatic carbocycles. The van der Waals surface area contributed by atoms with E-state index >= 15 is 0 Å². The Morgan fingerprint density at radius 1 is 1.29 bits per heavy atom. The molecule has 1 heterocycles. The van der Waals surface area contributed by atoms with Gasteiger partial charge in [-0.2, -0.15) is 0 Å². The quantitative estimate of drug-likeness (QED) is 0.895. The van der Waals surface area contributed by atoms with Crippen molar-refractivity contribution in [2.45, 2.75) is 32.2 Å². The SMILES string of the molecule is CCC1CCN(C(=O)NC(C(=O)O)c2ccccc2)CC1. The molecule has 0 saturated carbocycles. The lowest BCUT2D eigenvalue weighted by atomic mass is 9.95. The van der Waals surface area contributed by atoms with Crippen molar-refractivity contribution in [3.05, 3.63) is 35.9 Å². The third-order valence-corrected chi connectivity index (χ3v) is 4.13. The summed E-state index contributed by atoms with van der Waals surface area (Å²) in [6.07, 6.45) is 3.12. The Morgan fingerprint density at radius 3 is 2.43 bits per heavy atom. The van der Waals surface area contributed by atoms with Crippen LogP contribution in [-0.2, 0) is 4.79 Å². The van der Waals surface area contributed by atoms with E-state index in [4.69, 9.17) is 0 Å². The Balaban J connectivity index is 1.98. The molecule has 0 bridgehead atoms. The van der Waals surface area contributed by atoms with Gasteiger partial charge in [0, 0.05) is 13.1 Å². The third kappa shape index (κ3) is 3.97. The van der Waals surface area contributed by atoms with Gasteiger partial charge in [-0.3, -0.25) is 0 Å². The summed E-state index contributed by atoms with van der Waals surface area (Å²) in [5, 5.41) is 11.9. The molecule has 5 heteroatoms. The van der Waals surface area contributed by atoms with Gasteiger partial charge in [-0.25, -0.2) is 9.59 Å². The lowest BCUT2D eigenvalue weighted by Gasteiger charge is -2.32. The van der Waals surface area contributed by atoms with Crippen molar-refractivity contribution < 1.29 is 14.7 Å². The van der Waals surface area contributed by atoms with Crippen molar-refractivity contribution in [1.29, 1.82) is 0 Å². The zero-order chi connectivity index (χ0) is 15.2. The fourth-order valence-electron chi connectivity index (χ4n) is 2.69. The number of carboxylic acid groups (broad SMARTS) is 1. The molecule has 2 rings (SSSR count). The van der Waals surface area contributed by atoms with E-state index in [2.05, 4.69) is 12.2 Å². The summed E-state index contributed by atoms with van der Waals surface area (Å²) in [7, 11) is 0. The van der Waals surface area contributed by atoms with Crippen LogP contribution >= 0.6 is 0 Å². The van der Waals surface area contributed by atoms with E-state index in [1.165, 1.54) is 0 Å². The number of benzene rings is 1. The van der Waals surface area contributed by atoms with Gasteiger partial charge in [-0.05, 0) is 24.3 Å². The molecule has 114 valence electrons. The number of carboxylic acids is 1. The van der Waals surface area contributed by atoms with E-state index in [9.17, 15) is 14.7 Å². The van der Waals surface area contributed by atoms with E-state index < -0.39 is 12.0 Å². The van der Waals surface area contributed by atoms with E-state index in [-0.39, 0.29) is 6.03 Å². The minimum Gasteiger partial charge on any atom is -0.479 e. The predicted molar refractivity (Wildman–Crippen MR) is 79.9 cm³/mol. The minimum absolute atomic E-state index is 0.291. The molecule has 1 aliphatic rings. The number of carbonyl (C=O) groups is 2. The molecule has 0 spiro atoms. The normalized spacial score (nSPS) is 17.3. The van der Waals surface area contributed by atoms with Crippen LogP contribution in [0.25, 0.3) is 0 Å². The Kier molecular flexibility index (Phi) is 5.20. The maximum atomic E-state index is 12.2. The summed E-state index contributed by atoms with van der Waals surface area (Å²) in [5.74, 6) is -0.364. The van der Waals surface area contributed by atoms with Gasteiger partial charge in [0.2, 0.25) is 0 Å². The molecule has 2 N–H and O–H groups in total. The smallest absolute Gasteiger partial charge is 0.330 e. The molecule has 0 aliphatic carbocycles. The predicted octanol–water partition coefficient (Wildman–Crippen LogP) is 2.64. The van der Waals surface area contributed by atoms with Crippen molar-refractivity contribution in [3.8, 4) is 0 Å². The number of piperidine rings is 1. The van der Waals surface area contributed by atoms with Gasteiger partial charge in [-0.15, -0.1) is 0 Å². The average molecular weight is 290 g/mol. The van der Waals surface area contributed by atoms with Gasteiger partial charge < -0.3 is 15.3 Å². The lowest BCUT2D eigenvalue weighted by molar-refractivity contribution is -0.139. The molecule has 1 saturated heterocycles. The number of aliphatic carboxylic acids is 1. The molecule has 2 amide bonds. The topological polar surface area (TPSA) is 69.6 Å². The van der Waals surface area contributed by atoms with Crippen LogP contribution in [0.5, 0.6) is 0 Å². The molecular formula is C16H22N2O3. The maximum Gasteiger partial charge on any atom is 0.330 e. The van der Waals surface area contributed by atoms with Gasteiger partial charge in [0.1, 0.15) is 0 Å². The second-order valence-electron chi connectivity index (χ2n) is 5.47. The summed E-state index contributed by atoms with van der Waals surface area (Å²) in [4.78, 5) is 25.3. The van der Waals surface area contributed by atoms with Crippen molar-refractivity contribution in [2.24, 2.45) is 5.92 Å². The van der Waals surface area contributed by atoms with E-state index in [1.807, 2.05) is 6.07 Å². The average Bonchev–Trinajstić information content (AvgIpc) is 2.53. The number of amides is 2. The van der Waals surface area contributed by atoms with E-state index in [0.717, 1.165) is 19.3 Å². The minimum atomic E-state index is -1.04. The number of nitrogens with one attached hydrogen (secondary N) is 1. The number of carbonyl (C=O) groups excluding carboxylic acids is 1. The van der Waals surface area contributed by atoms with Crippen LogP contribution in [0.15, 0.2) is 30.3 Å². The van der Waals surface area contributed by atoms with Gasteiger partial charge in [0.25, 0.3) is 0 Å². The van der Waals surface area contributed by atoms with Crippen LogP contribution in [-0.4, -0.2) is 35.1 Å². The fourth-order valence-corrected chi connectivity index (χ4v) is 2.69. The lowest BCUT2D eigenvalue weighted by Crippen LogP contribution is -2.47. The first-order valence-electron chi connectivity index (χ1n) is 7.45. The van der Waals surface area contributed by atoms with Crippen LogP contribution in [0.2, 0.25) is 0 Å². The van der Waals surface area contributed by atoms with Gasteiger partial charge >= 0.3 is 12.0 Å². The molecule has 1 aliphatic heterocycles. The highest BCUT2D eigenvalue weighted by Crippen LogP contribution is 2.20. The molecule has 1 unspecified atom stereocenters. The fraction of sp³-hybridized carbons (Fsp3) is 0.500. The second-order valence-corrected chi connectivity index (χ2v) is 5.47. The zero-order valence-electron chi connectivity index (χ0n) is 12.3. The first-order valence-corrected chi connectivity index (χ1v) is 7.45. The first-order chi connectivity index (χ1) is 10.1. The molecule has 1 aromatic rings. The summed E-state index contributed by atoms with van der Waals surface area (Å²) < 4.78 is 0. The number of hydrogen-bond donors (Lipinski definition) is 2. The monoisotopic (exact) mass is 290 g/mol. The summed E-state index contributed by atoms with van der Waals surface area (Å²) in [6.45, 7) is 3.56. The number of nitrogens with zero attached hydrogens (tertiary/aromatic N) is 1. The maximum absolute atomic E-state index is 12.2. The molecule has 1 atom stereocenters. The highest BCUT2D eigenvalue weighted by Gasteiger charge is 2.27. The number of rotatable bonds is 4. The summed E-state index contributed by atoms with van der Waals surface area (Å²) >= 11 is 0. The van der Waals surface area contributed by atoms with Crippen molar-refractivity contribution in [3.63, 3.8) is 0 Å². The van der Waals surface area contributed by atoms with Crippen LogP contribution in [0, 0.1) is 5.92 Å². The van der Waals surface area contributed by atoms with Crippen molar-refractivity contribution >= 4 is 12.0 Å². The molecular weight excluding hydrogens is 268 g/mol. The zero-order valence-corrected chi connectivity index (χ0v) is 12.3. The first kappa shape index (κ1) is 15.4. The number of likely N-dealkylation sites (tertiary alicyclic amines) is 1. The van der Waals surface area contributed by atoms with Crippen molar-refractivity contribution in [1.82, 2.24) is 10.2 Å². The summed E-state index contributed by atoms with van der Waals surface area (Å²) in [6, 6.07) is 7.49. The second kappa shape index (κ2) is 7.11. The standard InChI is InChI=1S/C16H22N2O3/c1-2-12-8-10-18(11-9-12)16(21)17-14(15(19)20)13-6-4-3-5-7-13/h3-7,12,14H,2,8-11H2,1H3,(H,17,21)(H,19,20).